The Morgan fingerprint density at radius 2 is 2.35 bits per heavy atom. The minimum atomic E-state index is -0.306. The fourth-order valence-corrected chi connectivity index (χ4v) is 3.24. The summed E-state index contributed by atoms with van der Waals surface area (Å²) in [7, 11) is 1.90. The first-order valence-electron chi connectivity index (χ1n) is 7.97. The molecule has 0 bridgehead atoms. The SMILES string of the molecule is CN(CC(N)=O)C[C@H]1CN(Cc2cccc3[nH]ccc23)CCO1. The molecule has 1 aromatic heterocycles. The van der Waals surface area contributed by atoms with E-state index in [1.54, 1.807) is 0 Å². The van der Waals surface area contributed by atoms with E-state index in [2.05, 4.69) is 34.1 Å². The fourth-order valence-electron chi connectivity index (χ4n) is 3.24. The number of hydrogen-bond acceptors (Lipinski definition) is 4. The van der Waals surface area contributed by atoms with Crippen molar-refractivity contribution in [1.29, 1.82) is 0 Å². The van der Waals surface area contributed by atoms with Crippen molar-refractivity contribution < 1.29 is 9.53 Å². The standard InChI is InChI=1S/C17H24N4O2/c1-20(12-17(18)22)10-14-11-21(7-8-23-14)9-13-3-2-4-16-15(13)5-6-19-16/h2-6,14,19H,7-12H2,1H3,(H2,18,22)/t14-/m0/s1. The number of benzene rings is 1. The van der Waals surface area contributed by atoms with Crippen LogP contribution in [0, 0.1) is 0 Å². The predicted molar refractivity (Wildman–Crippen MR) is 90.0 cm³/mol. The third-order valence-corrected chi connectivity index (χ3v) is 4.24. The highest BCUT2D eigenvalue weighted by Gasteiger charge is 2.22. The van der Waals surface area contributed by atoms with Crippen molar-refractivity contribution in [3.05, 3.63) is 36.0 Å². The number of H-pyrrole nitrogens is 1. The van der Waals surface area contributed by atoms with Crippen molar-refractivity contribution in [2.45, 2.75) is 12.6 Å². The number of likely N-dealkylation sites (N-methyl/N-ethyl adjacent to an activating group) is 1. The molecule has 2 aromatic rings. The van der Waals surface area contributed by atoms with E-state index in [1.165, 1.54) is 16.5 Å². The molecule has 6 nitrogen and oxygen atoms in total. The fraction of sp³-hybridized carbons (Fsp3) is 0.471. The molecule has 3 N–H and O–H groups in total. The van der Waals surface area contributed by atoms with Gasteiger partial charge >= 0.3 is 0 Å². The molecule has 0 saturated carbocycles. The lowest BCUT2D eigenvalue weighted by molar-refractivity contribution is -0.119. The van der Waals surface area contributed by atoms with Crippen LogP contribution in [0.15, 0.2) is 30.5 Å². The smallest absolute Gasteiger partial charge is 0.231 e. The zero-order valence-corrected chi connectivity index (χ0v) is 13.5. The van der Waals surface area contributed by atoms with Crippen LogP contribution in [0.2, 0.25) is 0 Å². The summed E-state index contributed by atoms with van der Waals surface area (Å²) in [6.45, 7) is 4.41. The zero-order chi connectivity index (χ0) is 16.2. The Hall–Kier alpha value is -1.89. The van der Waals surface area contributed by atoms with Crippen LogP contribution in [-0.2, 0) is 16.1 Å². The second-order valence-corrected chi connectivity index (χ2v) is 6.25. The molecule has 0 unspecified atom stereocenters. The second-order valence-electron chi connectivity index (χ2n) is 6.25. The van der Waals surface area contributed by atoms with Gasteiger partial charge in [0.25, 0.3) is 0 Å². The summed E-state index contributed by atoms with van der Waals surface area (Å²) in [5.41, 5.74) is 7.74. The molecule has 0 spiro atoms. The number of primary amides is 1. The number of aromatic nitrogens is 1. The van der Waals surface area contributed by atoms with Gasteiger partial charge in [-0.25, -0.2) is 0 Å². The van der Waals surface area contributed by atoms with Gasteiger partial charge in [-0.15, -0.1) is 0 Å². The molecule has 1 aliphatic heterocycles. The van der Waals surface area contributed by atoms with Crippen LogP contribution in [-0.4, -0.2) is 66.6 Å². The molecule has 0 radical (unpaired) electrons. The van der Waals surface area contributed by atoms with Crippen molar-refractivity contribution in [1.82, 2.24) is 14.8 Å². The van der Waals surface area contributed by atoms with Crippen molar-refractivity contribution in [2.75, 3.05) is 39.8 Å². The number of fused-ring (bicyclic) bond motifs is 1. The van der Waals surface area contributed by atoms with Crippen LogP contribution in [0.1, 0.15) is 5.56 Å². The Bertz CT molecular complexity index is 669. The van der Waals surface area contributed by atoms with Crippen LogP contribution in [0.25, 0.3) is 10.9 Å². The number of rotatable bonds is 6. The third-order valence-electron chi connectivity index (χ3n) is 4.24. The van der Waals surface area contributed by atoms with Crippen molar-refractivity contribution in [3.8, 4) is 0 Å². The van der Waals surface area contributed by atoms with Crippen LogP contribution in [0.4, 0.5) is 0 Å². The predicted octanol–water partition coefficient (Wildman–Crippen LogP) is 0.786. The molecular formula is C17H24N4O2. The Labute approximate surface area is 136 Å². The van der Waals surface area contributed by atoms with Gasteiger partial charge in [-0.2, -0.15) is 0 Å². The first kappa shape index (κ1) is 16.0. The summed E-state index contributed by atoms with van der Waals surface area (Å²) in [5.74, 6) is -0.306. The lowest BCUT2D eigenvalue weighted by Crippen LogP contribution is -2.47. The molecule has 1 fully saturated rings. The molecule has 1 aliphatic rings. The Morgan fingerprint density at radius 3 is 3.17 bits per heavy atom. The van der Waals surface area contributed by atoms with Crippen LogP contribution in [0.3, 0.4) is 0 Å². The number of hydrogen-bond donors (Lipinski definition) is 2. The summed E-state index contributed by atoms with van der Waals surface area (Å²) in [5, 5.41) is 1.28. The normalized spacial score (nSPS) is 19.5. The topological polar surface area (TPSA) is 74.6 Å². The summed E-state index contributed by atoms with van der Waals surface area (Å²) in [6, 6.07) is 8.50. The highest BCUT2D eigenvalue weighted by Crippen LogP contribution is 2.20. The van der Waals surface area contributed by atoms with Gasteiger partial charge in [-0.3, -0.25) is 14.6 Å². The number of nitrogens with one attached hydrogen (secondary N) is 1. The molecule has 3 rings (SSSR count). The number of carbonyl (C=O) groups is 1. The van der Waals surface area contributed by atoms with Crippen LogP contribution < -0.4 is 5.73 Å². The average molecular weight is 316 g/mol. The van der Waals surface area contributed by atoms with Gasteiger partial charge in [0, 0.05) is 43.3 Å². The van der Waals surface area contributed by atoms with E-state index in [-0.39, 0.29) is 18.6 Å². The number of morpholine rings is 1. The Kier molecular flexibility index (Phi) is 4.95. The molecule has 0 aliphatic carbocycles. The highest BCUT2D eigenvalue weighted by atomic mass is 16.5. The quantitative estimate of drug-likeness (QED) is 0.826. The van der Waals surface area contributed by atoms with Gasteiger partial charge in [0.2, 0.25) is 5.91 Å². The Morgan fingerprint density at radius 1 is 1.48 bits per heavy atom. The number of ether oxygens (including phenoxy) is 1. The molecular weight excluding hydrogens is 292 g/mol. The summed E-state index contributed by atoms with van der Waals surface area (Å²) >= 11 is 0. The van der Waals surface area contributed by atoms with E-state index in [0.717, 1.165) is 26.2 Å². The first-order valence-corrected chi connectivity index (χ1v) is 7.97. The summed E-state index contributed by atoms with van der Waals surface area (Å²) < 4.78 is 5.83. The largest absolute Gasteiger partial charge is 0.374 e. The van der Waals surface area contributed by atoms with Gasteiger partial charge in [0.05, 0.1) is 19.3 Å². The molecule has 1 aromatic carbocycles. The third kappa shape index (κ3) is 4.10. The highest BCUT2D eigenvalue weighted by molar-refractivity contribution is 5.82. The second kappa shape index (κ2) is 7.12. The van der Waals surface area contributed by atoms with E-state index in [0.29, 0.717) is 6.54 Å². The number of aromatic amines is 1. The first-order chi connectivity index (χ1) is 11.1. The van der Waals surface area contributed by atoms with Crippen LogP contribution >= 0.6 is 0 Å². The average Bonchev–Trinajstić information content (AvgIpc) is 2.96. The van der Waals surface area contributed by atoms with Gasteiger partial charge in [-0.05, 0) is 24.7 Å². The summed E-state index contributed by atoms with van der Waals surface area (Å²) in [4.78, 5) is 18.6. The monoisotopic (exact) mass is 316 g/mol. The maximum absolute atomic E-state index is 11.0. The van der Waals surface area contributed by atoms with Gasteiger partial charge in [0.1, 0.15) is 0 Å². The Balaban J connectivity index is 1.60. The molecule has 1 saturated heterocycles. The molecule has 2 heterocycles. The number of carbonyl (C=O) groups excluding carboxylic acids is 1. The molecule has 6 heteroatoms. The maximum atomic E-state index is 11.0. The van der Waals surface area contributed by atoms with Gasteiger partial charge < -0.3 is 15.5 Å². The minimum Gasteiger partial charge on any atom is -0.374 e. The van der Waals surface area contributed by atoms with E-state index in [4.69, 9.17) is 10.5 Å². The molecule has 124 valence electrons. The number of amides is 1. The van der Waals surface area contributed by atoms with E-state index in [9.17, 15) is 4.79 Å². The lowest BCUT2D eigenvalue weighted by atomic mass is 10.1. The van der Waals surface area contributed by atoms with Gasteiger partial charge in [0.15, 0.2) is 0 Å². The summed E-state index contributed by atoms with van der Waals surface area (Å²) in [6.07, 6.45) is 2.09. The minimum absolute atomic E-state index is 0.110. The number of nitrogens with zero attached hydrogens (tertiary/aromatic N) is 2. The van der Waals surface area contributed by atoms with E-state index >= 15 is 0 Å². The zero-order valence-electron chi connectivity index (χ0n) is 13.5. The number of nitrogens with two attached hydrogens (primary N) is 1. The van der Waals surface area contributed by atoms with E-state index in [1.807, 2.05) is 18.1 Å². The lowest BCUT2D eigenvalue weighted by Gasteiger charge is -2.34. The molecule has 23 heavy (non-hydrogen) atoms. The molecule has 1 amide bonds. The van der Waals surface area contributed by atoms with Crippen LogP contribution in [0.5, 0.6) is 0 Å². The van der Waals surface area contributed by atoms with Gasteiger partial charge in [-0.1, -0.05) is 12.1 Å². The van der Waals surface area contributed by atoms with Crippen molar-refractivity contribution in [2.24, 2.45) is 5.73 Å². The van der Waals surface area contributed by atoms with Crippen molar-refractivity contribution in [3.63, 3.8) is 0 Å². The van der Waals surface area contributed by atoms with E-state index < -0.39 is 0 Å². The van der Waals surface area contributed by atoms with Crippen molar-refractivity contribution >= 4 is 16.8 Å². The molecule has 1 atom stereocenters. The maximum Gasteiger partial charge on any atom is 0.231 e.